The van der Waals surface area contributed by atoms with Gasteiger partial charge in [0.15, 0.2) is 0 Å². The number of benzene rings is 1. The van der Waals surface area contributed by atoms with Gasteiger partial charge in [-0.15, -0.1) is 0 Å². The van der Waals surface area contributed by atoms with E-state index in [2.05, 4.69) is 73.6 Å². The molecule has 34 heavy (non-hydrogen) atoms. The zero-order valence-corrected chi connectivity index (χ0v) is 20.5. The fourth-order valence-corrected chi connectivity index (χ4v) is 5.63. The van der Waals surface area contributed by atoms with Crippen molar-refractivity contribution in [3.63, 3.8) is 0 Å². The van der Waals surface area contributed by atoms with Gasteiger partial charge in [0.05, 0.1) is 12.9 Å². The average molecular weight is 462 g/mol. The third-order valence-electron chi connectivity index (χ3n) is 7.67. The molecule has 1 N–H and O–H groups in total. The molecule has 1 atom stereocenters. The van der Waals surface area contributed by atoms with Crippen LogP contribution >= 0.6 is 0 Å². The number of carbonyl (C=O) groups is 1. The van der Waals surface area contributed by atoms with Crippen molar-refractivity contribution in [2.75, 3.05) is 45.8 Å². The first-order valence-corrected chi connectivity index (χ1v) is 13.0. The minimum Gasteiger partial charge on any atom is -0.355 e. The van der Waals surface area contributed by atoms with Crippen LogP contribution in [0, 0.1) is 5.92 Å². The summed E-state index contributed by atoms with van der Waals surface area (Å²) < 4.78 is 0. The first-order valence-electron chi connectivity index (χ1n) is 13.0. The van der Waals surface area contributed by atoms with Gasteiger partial charge in [-0.2, -0.15) is 0 Å². The first-order chi connectivity index (χ1) is 16.7. The van der Waals surface area contributed by atoms with Crippen molar-refractivity contribution in [3.05, 3.63) is 71.1 Å². The second-order valence-corrected chi connectivity index (χ2v) is 9.64. The number of likely N-dealkylation sites (tertiary alicyclic amines) is 1. The molecule has 5 aliphatic rings. The molecule has 1 aromatic rings. The molecule has 6 heteroatoms. The molecular weight excluding hydrogens is 422 g/mol. The summed E-state index contributed by atoms with van der Waals surface area (Å²) in [6.07, 6.45) is 11.8. The highest BCUT2D eigenvalue weighted by molar-refractivity contribution is 5.79. The van der Waals surface area contributed by atoms with Crippen molar-refractivity contribution in [1.82, 2.24) is 20.0 Å². The molecule has 0 saturated carbocycles. The van der Waals surface area contributed by atoms with Crippen molar-refractivity contribution < 1.29 is 6.22 Å². The van der Waals surface area contributed by atoms with Gasteiger partial charge in [0.2, 0.25) is 5.91 Å². The lowest BCUT2D eigenvalue weighted by Crippen LogP contribution is -2.52. The molecule has 182 valence electrons. The van der Waals surface area contributed by atoms with Crippen LogP contribution in [-0.4, -0.2) is 78.3 Å². The van der Waals surface area contributed by atoms with E-state index < -0.39 is 0 Å². The highest BCUT2D eigenvalue weighted by Gasteiger charge is 2.51. The number of nitrogens with one attached hydrogen (secondary N) is 1. The molecule has 2 aliphatic carbocycles. The topological polar surface area (TPSA) is 51.2 Å². The van der Waals surface area contributed by atoms with Crippen LogP contribution in [0.15, 0.2) is 70.5 Å². The minimum atomic E-state index is -0.152. The first kappa shape index (κ1) is 22.9. The summed E-state index contributed by atoms with van der Waals surface area (Å²) in [6.45, 7) is 10.1. The third kappa shape index (κ3) is 4.43. The van der Waals surface area contributed by atoms with E-state index in [-0.39, 0.29) is 6.97 Å². The van der Waals surface area contributed by atoms with Crippen LogP contribution in [0.1, 0.15) is 33.7 Å². The van der Waals surface area contributed by atoms with Gasteiger partial charge in [-0.1, -0.05) is 56.3 Å². The van der Waals surface area contributed by atoms with Crippen molar-refractivity contribution >= 4 is 12.2 Å². The Balaban J connectivity index is 0.000000940. The lowest BCUT2D eigenvalue weighted by atomic mass is 9.90. The van der Waals surface area contributed by atoms with E-state index in [0.717, 1.165) is 58.5 Å². The van der Waals surface area contributed by atoms with E-state index in [9.17, 15) is 4.79 Å². The second-order valence-electron chi connectivity index (χ2n) is 9.64. The zero-order chi connectivity index (χ0) is 23.5. The molecule has 3 aliphatic heterocycles. The maximum atomic E-state index is 12.9. The van der Waals surface area contributed by atoms with Gasteiger partial charge < -0.3 is 15.1 Å². The molecule has 1 unspecified atom stereocenters. The maximum absolute atomic E-state index is 12.9. The number of aliphatic imine (C=N–C) groups is 1. The van der Waals surface area contributed by atoms with Crippen LogP contribution in [0.2, 0.25) is 0 Å². The number of piperidine rings is 1. The van der Waals surface area contributed by atoms with Crippen molar-refractivity contribution in [1.29, 1.82) is 0 Å². The standard InChI is InChI=1S/C26H31N5O.C2H6.H2/c32-24(30-10-8-21(9-11-30)16-20-4-2-1-3-5-20)18-29-12-14-31(15-13-29)25-23-7-6-22-17-26(22,23)28-19-27-25;1-2;/h1-7,17,19,21H,8-16,18H2,(H,27,28);1-2H3;1H. The van der Waals surface area contributed by atoms with Gasteiger partial charge in [0.1, 0.15) is 11.4 Å². The van der Waals surface area contributed by atoms with Crippen molar-refractivity contribution in [2.45, 2.75) is 38.6 Å². The Hall–Kier alpha value is -2.86. The SMILES string of the molecule is CC.O=C(CN1CCN(C2=C3C=CC4=CC43N=CN2)CC1)N1CCC(Cc2ccccc2)CC1.[HH]. The molecule has 0 bridgehead atoms. The molecule has 6 rings (SSSR count). The van der Waals surface area contributed by atoms with Crippen molar-refractivity contribution in [2.24, 2.45) is 10.9 Å². The number of nitrogens with zero attached hydrogens (tertiary/aromatic N) is 4. The van der Waals surface area contributed by atoms with Gasteiger partial charge in [-0.3, -0.25) is 14.7 Å². The Morgan fingerprint density at radius 1 is 1.06 bits per heavy atom. The van der Waals surface area contributed by atoms with Crippen LogP contribution in [-0.2, 0) is 11.2 Å². The summed E-state index contributed by atoms with van der Waals surface area (Å²) in [5.74, 6) is 2.18. The van der Waals surface area contributed by atoms with Gasteiger partial charge in [0.25, 0.3) is 0 Å². The number of hydrogen-bond donors (Lipinski definition) is 1. The summed E-state index contributed by atoms with van der Waals surface area (Å²) in [4.78, 5) is 24.4. The number of carbonyl (C=O) groups excluding carboxylic acids is 1. The van der Waals surface area contributed by atoms with Gasteiger partial charge >= 0.3 is 0 Å². The van der Waals surface area contributed by atoms with Gasteiger partial charge in [-0.25, -0.2) is 0 Å². The smallest absolute Gasteiger partial charge is 0.236 e. The summed E-state index contributed by atoms with van der Waals surface area (Å²) >= 11 is 0. The van der Waals surface area contributed by atoms with E-state index in [4.69, 9.17) is 0 Å². The molecular formula is C28H39N5O. The Morgan fingerprint density at radius 3 is 2.50 bits per heavy atom. The molecule has 1 amide bonds. The zero-order valence-electron chi connectivity index (χ0n) is 20.5. The average Bonchev–Trinajstić information content (AvgIpc) is 3.46. The molecule has 3 heterocycles. The second kappa shape index (κ2) is 9.79. The molecule has 6 nitrogen and oxygen atoms in total. The van der Waals surface area contributed by atoms with Crippen LogP contribution < -0.4 is 5.32 Å². The lowest BCUT2D eigenvalue weighted by Gasteiger charge is -2.40. The lowest BCUT2D eigenvalue weighted by molar-refractivity contribution is -0.134. The monoisotopic (exact) mass is 461 g/mol. The summed E-state index contributed by atoms with van der Waals surface area (Å²) in [5, 5.41) is 3.38. The highest BCUT2D eigenvalue weighted by atomic mass is 16.2. The maximum Gasteiger partial charge on any atom is 0.236 e. The molecule has 1 spiro atoms. The Labute approximate surface area is 205 Å². The van der Waals surface area contributed by atoms with Crippen LogP contribution in [0.4, 0.5) is 0 Å². The number of piperazine rings is 1. The molecule has 2 fully saturated rings. The Bertz CT molecular complexity index is 1020. The summed E-state index contributed by atoms with van der Waals surface area (Å²) in [7, 11) is 0. The Kier molecular flexibility index (Phi) is 6.59. The summed E-state index contributed by atoms with van der Waals surface area (Å²) in [6, 6.07) is 10.7. The normalized spacial score (nSPS) is 25.8. The van der Waals surface area contributed by atoms with Crippen LogP contribution in [0.25, 0.3) is 0 Å². The highest BCUT2D eigenvalue weighted by Crippen LogP contribution is 2.52. The molecule has 0 radical (unpaired) electrons. The molecule has 1 aromatic carbocycles. The van der Waals surface area contributed by atoms with E-state index >= 15 is 0 Å². The fraction of sp³-hybridized carbons (Fsp3) is 0.500. The van der Waals surface area contributed by atoms with E-state index in [1.54, 1.807) is 0 Å². The number of amides is 1. The minimum absolute atomic E-state index is 0. The third-order valence-corrected chi connectivity index (χ3v) is 7.67. The Morgan fingerprint density at radius 2 is 1.79 bits per heavy atom. The number of rotatable bonds is 5. The largest absolute Gasteiger partial charge is 0.355 e. The number of hydrogen-bond acceptors (Lipinski definition) is 5. The van der Waals surface area contributed by atoms with Crippen LogP contribution in [0.3, 0.4) is 0 Å². The van der Waals surface area contributed by atoms with E-state index in [0.29, 0.717) is 18.4 Å². The molecule has 2 saturated heterocycles. The van der Waals surface area contributed by atoms with Gasteiger partial charge in [0, 0.05) is 46.3 Å². The predicted octanol–water partition coefficient (Wildman–Crippen LogP) is 3.45. The quantitative estimate of drug-likeness (QED) is 0.730. The van der Waals surface area contributed by atoms with Crippen LogP contribution in [0.5, 0.6) is 0 Å². The van der Waals surface area contributed by atoms with Crippen molar-refractivity contribution in [3.8, 4) is 0 Å². The predicted molar refractivity (Wildman–Crippen MR) is 140 cm³/mol. The fourth-order valence-electron chi connectivity index (χ4n) is 5.63. The van der Waals surface area contributed by atoms with E-state index in [1.807, 2.05) is 20.2 Å². The van der Waals surface area contributed by atoms with E-state index in [1.165, 1.54) is 22.5 Å². The van der Waals surface area contributed by atoms with Gasteiger partial charge in [-0.05, 0) is 42.4 Å². The summed E-state index contributed by atoms with van der Waals surface area (Å²) in [5.41, 5.74) is 3.86. The molecule has 0 aromatic heterocycles.